The van der Waals surface area contributed by atoms with Crippen LogP contribution in [0.4, 0.5) is 5.69 Å². The number of benzene rings is 2. The SMILES string of the molecule is CCC(C)NC(=O)C(C)N(Cc1ccc(Cl)cc1)C(=O)CSCc1ccc([N+](=O)[O-])cc1. The molecule has 7 nitrogen and oxygen atoms in total. The second-order valence-electron chi connectivity index (χ2n) is 7.56. The van der Waals surface area contributed by atoms with Crippen molar-refractivity contribution >= 4 is 40.9 Å². The van der Waals surface area contributed by atoms with Gasteiger partial charge in [-0.2, -0.15) is 0 Å². The summed E-state index contributed by atoms with van der Waals surface area (Å²) in [6, 6.07) is 12.8. The molecule has 2 aromatic rings. The van der Waals surface area contributed by atoms with Crippen molar-refractivity contribution < 1.29 is 14.5 Å². The summed E-state index contributed by atoms with van der Waals surface area (Å²) in [6.07, 6.45) is 0.800. The molecular weight excluding hydrogens is 450 g/mol. The molecule has 172 valence electrons. The number of nitro benzene ring substituents is 1. The first-order valence-corrected chi connectivity index (χ1v) is 11.9. The van der Waals surface area contributed by atoms with Gasteiger partial charge in [0.1, 0.15) is 6.04 Å². The molecule has 0 aromatic heterocycles. The van der Waals surface area contributed by atoms with Crippen LogP contribution in [0, 0.1) is 10.1 Å². The lowest BCUT2D eigenvalue weighted by molar-refractivity contribution is -0.384. The zero-order chi connectivity index (χ0) is 23.7. The Morgan fingerprint density at radius 2 is 1.69 bits per heavy atom. The van der Waals surface area contributed by atoms with Crippen molar-refractivity contribution in [3.63, 3.8) is 0 Å². The van der Waals surface area contributed by atoms with Crippen LogP contribution in [-0.4, -0.2) is 39.5 Å². The molecule has 0 bridgehead atoms. The normalized spacial score (nSPS) is 12.6. The number of halogens is 1. The summed E-state index contributed by atoms with van der Waals surface area (Å²) in [5.41, 5.74) is 1.80. The van der Waals surface area contributed by atoms with E-state index < -0.39 is 11.0 Å². The van der Waals surface area contributed by atoms with Gasteiger partial charge in [-0.05, 0) is 43.5 Å². The van der Waals surface area contributed by atoms with Crippen LogP contribution in [0.15, 0.2) is 48.5 Å². The van der Waals surface area contributed by atoms with E-state index in [1.807, 2.05) is 26.0 Å². The lowest BCUT2D eigenvalue weighted by Gasteiger charge is -2.29. The van der Waals surface area contributed by atoms with Gasteiger partial charge in [0.05, 0.1) is 10.7 Å². The summed E-state index contributed by atoms with van der Waals surface area (Å²) in [5, 5.41) is 14.3. The second kappa shape index (κ2) is 12.5. The van der Waals surface area contributed by atoms with Crippen molar-refractivity contribution in [2.24, 2.45) is 0 Å². The fourth-order valence-electron chi connectivity index (χ4n) is 2.89. The van der Waals surface area contributed by atoms with Gasteiger partial charge >= 0.3 is 0 Å². The zero-order valence-corrected chi connectivity index (χ0v) is 20.0. The maximum Gasteiger partial charge on any atom is 0.269 e. The molecule has 0 aliphatic rings. The van der Waals surface area contributed by atoms with Crippen molar-refractivity contribution in [1.82, 2.24) is 10.2 Å². The van der Waals surface area contributed by atoms with Crippen molar-refractivity contribution in [1.29, 1.82) is 0 Å². The number of hydrogen-bond acceptors (Lipinski definition) is 5. The van der Waals surface area contributed by atoms with Crippen LogP contribution in [0.5, 0.6) is 0 Å². The van der Waals surface area contributed by atoms with E-state index in [2.05, 4.69) is 5.32 Å². The van der Waals surface area contributed by atoms with E-state index in [0.29, 0.717) is 17.3 Å². The number of non-ortho nitro benzene ring substituents is 1. The maximum atomic E-state index is 13.1. The van der Waals surface area contributed by atoms with Crippen LogP contribution in [-0.2, 0) is 21.9 Å². The van der Waals surface area contributed by atoms with E-state index in [9.17, 15) is 19.7 Å². The van der Waals surface area contributed by atoms with E-state index in [0.717, 1.165) is 17.5 Å². The van der Waals surface area contributed by atoms with Gasteiger partial charge in [0.15, 0.2) is 0 Å². The number of hydrogen-bond donors (Lipinski definition) is 1. The molecule has 0 heterocycles. The minimum Gasteiger partial charge on any atom is -0.352 e. The van der Waals surface area contributed by atoms with Gasteiger partial charge < -0.3 is 10.2 Å². The summed E-state index contributed by atoms with van der Waals surface area (Å²) in [6.45, 7) is 5.94. The molecular formula is C23H28ClN3O4S. The van der Waals surface area contributed by atoms with E-state index in [1.165, 1.54) is 23.9 Å². The van der Waals surface area contributed by atoms with Gasteiger partial charge in [-0.25, -0.2) is 0 Å². The fourth-order valence-corrected chi connectivity index (χ4v) is 3.88. The van der Waals surface area contributed by atoms with Gasteiger partial charge in [-0.1, -0.05) is 42.8 Å². The molecule has 9 heteroatoms. The monoisotopic (exact) mass is 477 g/mol. The average Bonchev–Trinajstić information content (AvgIpc) is 2.78. The first kappa shape index (κ1) is 25.7. The maximum absolute atomic E-state index is 13.1. The Bertz CT molecular complexity index is 922. The number of nitrogens with one attached hydrogen (secondary N) is 1. The molecule has 0 radical (unpaired) electrons. The number of nitro groups is 1. The van der Waals surface area contributed by atoms with E-state index in [1.54, 1.807) is 36.1 Å². The summed E-state index contributed by atoms with van der Waals surface area (Å²) in [5.74, 6) is 0.373. The third-order valence-electron chi connectivity index (χ3n) is 5.08. The minimum absolute atomic E-state index is 0.0222. The number of carbonyl (C=O) groups is 2. The molecule has 2 unspecified atom stereocenters. The molecule has 2 amide bonds. The number of amides is 2. The lowest BCUT2D eigenvalue weighted by Crippen LogP contribution is -2.50. The highest BCUT2D eigenvalue weighted by Crippen LogP contribution is 2.19. The van der Waals surface area contributed by atoms with Crippen molar-refractivity contribution in [3.05, 3.63) is 74.8 Å². The first-order chi connectivity index (χ1) is 15.2. The molecule has 1 N–H and O–H groups in total. The summed E-state index contributed by atoms with van der Waals surface area (Å²) in [4.78, 5) is 37.7. The van der Waals surface area contributed by atoms with Gasteiger partial charge in [-0.15, -0.1) is 11.8 Å². The van der Waals surface area contributed by atoms with Crippen molar-refractivity contribution in [2.75, 3.05) is 5.75 Å². The number of rotatable bonds is 11. The summed E-state index contributed by atoms with van der Waals surface area (Å²) in [7, 11) is 0. The molecule has 0 saturated carbocycles. The quantitative estimate of drug-likeness (QED) is 0.370. The predicted octanol–water partition coefficient (Wildman–Crippen LogP) is 4.81. The average molecular weight is 478 g/mol. The molecule has 0 saturated heterocycles. The molecule has 2 aromatic carbocycles. The number of thioether (sulfide) groups is 1. The topological polar surface area (TPSA) is 92.6 Å². The zero-order valence-electron chi connectivity index (χ0n) is 18.4. The largest absolute Gasteiger partial charge is 0.352 e. The van der Waals surface area contributed by atoms with Crippen LogP contribution >= 0.6 is 23.4 Å². The Labute approximate surface area is 197 Å². The van der Waals surface area contributed by atoms with E-state index in [-0.39, 0.29) is 29.3 Å². The van der Waals surface area contributed by atoms with Crippen LogP contribution in [0.25, 0.3) is 0 Å². The summed E-state index contributed by atoms with van der Waals surface area (Å²) < 4.78 is 0. The molecule has 2 atom stereocenters. The van der Waals surface area contributed by atoms with Gasteiger partial charge in [0.2, 0.25) is 11.8 Å². The number of nitrogens with zero attached hydrogens (tertiary/aromatic N) is 2. The van der Waals surface area contributed by atoms with Crippen LogP contribution in [0.2, 0.25) is 5.02 Å². The van der Waals surface area contributed by atoms with Gasteiger partial charge in [0.25, 0.3) is 5.69 Å². The van der Waals surface area contributed by atoms with Crippen LogP contribution in [0.1, 0.15) is 38.3 Å². The highest BCUT2D eigenvalue weighted by molar-refractivity contribution is 7.99. The van der Waals surface area contributed by atoms with Crippen LogP contribution in [0.3, 0.4) is 0 Å². The smallest absolute Gasteiger partial charge is 0.269 e. The summed E-state index contributed by atoms with van der Waals surface area (Å²) >= 11 is 7.37. The standard InChI is InChI=1S/C23H28ClN3O4S/c1-4-16(2)25-23(29)17(3)26(13-18-5-9-20(24)10-6-18)22(28)15-32-14-19-7-11-21(12-8-19)27(30)31/h5-12,16-17H,4,13-15H2,1-3H3,(H,25,29). The minimum atomic E-state index is -0.632. The van der Waals surface area contributed by atoms with E-state index in [4.69, 9.17) is 11.6 Å². The Kier molecular flexibility index (Phi) is 9.99. The lowest BCUT2D eigenvalue weighted by atomic mass is 10.1. The molecule has 0 aliphatic carbocycles. The Hall–Kier alpha value is -2.58. The van der Waals surface area contributed by atoms with Gasteiger partial charge in [-0.3, -0.25) is 19.7 Å². The predicted molar refractivity (Wildman–Crippen MR) is 129 cm³/mol. The Morgan fingerprint density at radius 3 is 2.25 bits per heavy atom. The Balaban J connectivity index is 2.05. The third kappa shape index (κ3) is 7.84. The molecule has 0 aliphatic heterocycles. The van der Waals surface area contributed by atoms with Crippen LogP contribution < -0.4 is 5.32 Å². The third-order valence-corrected chi connectivity index (χ3v) is 6.32. The second-order valence-corrected chi connectivity index (χ2v) is 8.98. The Morgan fingerprint density at radius 1 is 1.09 bits per heavy atom. The molecule has 0 spiro atoms. The number of carbonyl (C=O) groups excluding carboxylic acids is 2. The first-order valence-electron chi connectivity index (χ1n) is 10.4. The van der Waals surface area contributed by atoms with E-state index >= 15 is 0 Å². The molecule has 32 heavy (non-hydrogen) atoms. The molecule has 0 fully saturated rings. The highest BCUT2D eigenvalue weighted by atomic mass is 35.5. The van der Waals surface area contributed by atoms with Crippen molar-refractivity contribution in [3.8, 4) is 0 Å². The van der Waals surface area contributed by atoms with Crippen molar-refractivity contribution in [2.45, 2.75) is 51.6 Å². The fraction of sp³-hybridized carbons (Fsp3) is 0.391. The van der Waals surface area contributed by atoms with Gasteiger partial charge in [0, 0.05) is 35.5 Å². The highest BCUT2D eigenvalue weighted by Gasteiger charge is 2.26. The molecule has 2 rings (SSSR count).